The van der Waals surface area contributed by atoms with Crippen molar-refractivity contribution < 1.29 is 20.0 Å². The van der Waals surface area contributed by atoms with Gasteiger partial charge in [0.2, 0.25) is 0 Å². The third-order valence-corrected chi connectivity index (χ3v) is 5.57. The van der Waals surface area contributed by atoms with Crippen LogP contribution in [0.1, 0.15) is 39.6 Å². The summed E-state index contributed by atoms with van der Waals surface area (Å²) in [5, 5.41) is 13.1. The molecule has 118 valence electrons. The Morgan fingerprint density at radius 1 is 1.45 bits per heavy atom. The fourth-order valence-corrected chi connectivity index (χ4v) is 4.31. The zero-order valence-electron chi connectivity index (χ0n) is 12.9. The molecule has 3 aliphatic rings. The van der Waals surface area contributed by atoms with Crippen LogP contribution in [0.25, 0.3) is 0 Å². The zero-order valence-corrected chi connectivity index (χ0v) is 12.9. The van der Waals surface area contributed by atoms with Crippen molar-refractivity contribution >= 4 is 5.97 Å². The second kappa shape index (κ2) is 5.33. The lowest BCUT2D eigenvalue weighted by atomic mass is 9.95. The van der Waals surface area contributed by atoms with Crippen molar-refractivity contribution in [3.63, 3.8) is 0 Å². The normalized spacial score (nSPS) is 28.5. The van der Waals surface area contributed by atoms with Gasteiger partial charge >= 0.3 is 5.97 Å². The van der Waals surface area contributed by atoms with Gasteiger partial charge in [0.05, 0.1) is 24.8 Å². The van der Waals surface area contributed by atoms with Crippen LogP contribution in [0.5, 0.6) is 0 Å². The van der Waals surface area contributed by atoms with E-state index < -0.39 is 6.10 Å². The quantitative estimate of drug-likeness (QED) is 0.770. The molecule has 5 heteroatoms. The molecule has 3 aliphatic heterocycles. The summed E-state index contributed by atoms with van der Waals surface area (Å²) in [5.74, 6) is 0.543. The molecule has 0 radical (unpaired) electrons. The first-order chi connectivity index (χ1) is 10.6. The number of cyclic esters (lactones) is 1. The van der Waals surface area contributed by atoms with Crippen LogP contribution >= 0.6 is 0 Å². The van der Waals surface area contributed by atoms with E-state index >= 15 is 0 Å². The number of hydrogen-bond donors (Lipinski definition) is 2. The first kappa shape index (κ1) is 14.2. The van der Waals surface area contributed by atoms with Crippen molar-refractivity contribution in [3.8, 4) is 0 Å². The minimum absolute atomic E-state index is 0.248. The summed E-state index contributed by atoms with van der Waals surface area (Å²) in [4.78, 5) is 14.0. The van der Waals surface area contributed by atoms with E-state index in [0.29, 0.717) is 18.7 Å². The summed E-state index contributed by atoms with van der Waals surface area (Å²) in [5.41, 5.74) is 3.52. The lowest BCUT2D eigenvalue weighted by Gasteiger charge is -2.22. The van der Waals surface area contributed by atoms with Gasteiger partial charge in [0.25, 0.3) is 0 Å². The molecule has 2 saturated heterocycles. The molecule has 0 bridgehead atoms. The number of rotatable bonds is 3. The van der Waals surface area contributed by atoms with Gasteiger partial charge in [0, 0.05) is 31.0 Å². The van der Waals surface area contributed by atoms with E-state index in [9.17, 15) is 9.90 Å². The number of carbonyl (C=O) groups is 1. The Morgan fingerprint density at radius 3 is 3.14 bits per heavy atom. The van der Waals surface area contributed by atoms with Crippen LogP contribution in [0.4, 0.5) is 0 Å². The number of benzene rings is 1. The molecule has 1 aromatic carbocycles. The largest absolute Gasteiger partial charge is 0.457 e. The number of ether oxygens (including phenoxy) is 1. The smallest absolute Gasteiger partial charge is 0.338 e. The molecule has 0 aromatic heterocycles. The van der Waals surface area contributed by atoms with Crippen molar-refractivity contribution in [2.75, 3.05) is 26.2 Å². The number of nitrogens with two attached hydrogens (primary N) is 1. The van der Waals surface area contributed by atoms with Gasteiger partial charge in [-0.05, 0) is 24.1 Å². The number of esters is 1. The van der Waals surface area contributed by atoms with E-state index in [2.05, 4.69) is 10.2 Å². The van der Waals surface area contributed by atoms with E-state index in [-0.39, 0.29) is 5.97 Å². The standard InChI is InChI=1S/C17H22N2O3/c1-10-12(2-3-13-14(10)9-22-17(13)21)16(20)8-19-6-11-4-5-18-15(11)7-19/h2-3,11,15-16,18,20H,4-9H2,1H3/p+1/t11?,15?,16-/m0/s1. The Morgan fingerprint density at radius 2 is 2.32 bits per heavy atom. The number of carbonyl (C=O) groups excluding carboxylic acids is 1. The van der Waals surface area contributed by atoms with Crippen LogP contribution in [0.2, 0.25) is 0 Å². The topological polar surface area (TPSA) is 66.4 Å². The number of fused-ring (bicyclic) bond motifs is 2. The van der Waals surface area contributed by atoms with Crippen LogP contribution in [0, 0.1) is 12.8 Å². The van der Waals surface area contributed by atoms with Crippen molar-refractivity contribution in [1.82, 2.24) is 4.90 Å². The fourth-order valence-electron chi connectivity index (χ4n) is 4.31. The summed E-state index contributed by atoms with van der Waals surface area (Å²) >= 11 is 0. The molecule has 1 aromatic rings. The minimum atomic E-state index is -0.500. The van der Waals surface area contributed by atoms with Crippen molar-refractivity contribution in [2.45, 2.75) is 32.1 Å². The SMILES string of the molecule is Cc1c([C@@H](O)CN2CC3CC[NH2+]C3C2)ccc2c1COC2=O. The van der Waals surface area contributed by atoms with E-state index in [4.69, 9.17) is 4.74 Å². The number of quaternary nitrogens is 1. The van der Waals surface area contributed by atoms with Crippen LogP contribution in [-0.4, -0.2) is 48.2 Å². The zero-order chi connectivity index (χ0) is 15.3. The minimum Gasteiger partial charge on any atom is -0.457 e. The molecule has 3 N–H and O–H groups in total. The summed E-state index contributed by atoms with van der Waals surface area (Å²) in [6, 6.07) is 4.40. The average molecular weight is 303 g/mol. The summed E-state index contributed by atoms with van der Waals surface area (Å²) in [7, 11) is 0. The molecule has 0 amide bonds. The molecule has 4 rings (SSSR count). The molecular weight excluding hydrogens is 280 g/mol. The Bertz CT molecular complexity index is 604. The van der Waals surface area contributed by atoms with E-state index in [1.165, 1.54) is 13.0 Å². The van der Waals surface area contributed by atoms with E-state index in [1.807, 2.05) is 13.0 Å². The highest BCUT2D eigenvalue weighted by molar-refractivity contribution is 5.93. The molecule has 0 saturated carbocycles. The van der Waals surface area contributed by atoms with E-state index in [0.717, 1.165) is 41.7 Å². The van der Waals surface area contributed by atoms with Gasteiger partial charge in [-0.25, -0.2) is 4.79 Å². The Hall–Kier alpha value is -1.43. The molecule has 5 nitrogen and oxygen atoms in total. The van der Waals surface area contributed by atoms with Gasteiger partial charge in [0.1, 0.15) is 12.6 Å². The van der Waals surface area contributed by atoms with Crippen LogP contribution in [-0.2, 0) is 11.3 Å². The lowest BCUT2D eigenvalue weighted by molar-refractivity contribution is -0.669. The highest BCUT2D eigenvalue weighted by Crippen LogP contribution is 2.30. The van der Waals surface area contributed by atoms with E-state index in [1.54, 1.807) is 6.07 Å². The summed E-state index contributed by atoms with van der Waals surface area (Å²) < 4.78 is 5.09. The highest BCUT2D eigenvalue weighted by Gasteiger charge is 2.40. The van der Waals surface area contributed by atoms with Crippen molar-refractivity contribution in [1.29, 1.82) is 0 Å². The van der Waals surface area contributed by atoms with Gasteiger partial charge in [-0.15, -0.1) is 0 Å². The Labute approximate surface area is 130 Å². The van der Waals surface area contributed by atoms with Gasteiger partial charge in [0.15, 0.2) is 0 Å². The molecule has 2 fully saturated rings. The molecule has 3 heterocycles. The van der Waals surface area contributed by atoms with Gasteiger partial charge < -0.3 is 15.2 Å². The second-order valence-corrected chi connectivity index (χ2v) is 6.85. The fraction of sp³-hybridized carbons (Fsp3) is 0.588. The number of β-amino-alcohol motifs (C(OH)–C–C–N with tert-alkyl or cyclic N) is 1. The Kier molecular flexibility index (Phi) is 3.44. The van der Waals surface area contributed by atoms with Crippen LogP contribution in [0.15, 0.2) is 12.1 Å². The second-order valence-electron chi connectivity index (χ2n) is 6.85. The van der Waals surface area contributed by atoms with Gasteiger partial charge in [-0.2, -0.15) is 0 Å². The van der Waals surface area contributed by atoms with Crippen LogP contribution < -0.4 is 5.32 Å². The predicted molar refractivity (Wildman–Crippen MR) is 80.4 cm³/mol. The molecule has 3 atom stereocenters. The molecule has 22 heavy (non-hydrogen) atoms. The number of hydrogen-bond acceptors (Lipinski definition) is 4. The Balaban J connectivity index is 1.49. The number of aliphatic hydroxyl groups excluding tert-OH is 1. The third-order valence-electron chi connectivity index (χ3n) is 5.57. The number of likely N-dealkylation sites (tertiary alicyclic amines) is 1. The maximum absolute atomic E-state index is 11.6. The van der Waals surface area contributed by atoms with Crippen molar-refractivity contribution in [3.05, 3.63) is 34.4 Å². The molecule has 0 spiro atoms. The number of nitrogens with zero attached hydrogens (tertiary/aromatic N) is 1. The molecule has 0 aliphatic carbocycles. The molecule has 2 unspecified atom stereocenters. The van der Waals surface area contributed by atoms with Crippen molar-refractivity contribution in [2.24, 2.45) is 5.92 Å². The lowest BCUT2D eigenvalue weighted by Crippen LogP contribution is -2.88. The van der Waals surface area contributed by atoms with Gasteiger partial charge in [-0.3, -0.25) is 4.90 Å². The predicted octanol–water partition coefficient (Wildman–Crippen LogP) is -0.0337. The third kappa shape index (κ3) is 2.24. The van der Waals surface area contributed by atoms with Gasteiger partial charge in [-0.1, -0.05) is 6.07 Å². The highest BCUT2D eigenvalue weighted by atomic mass is 16.5. The maximum atomic E-state index is 11.6. The number of aliphatic hydroxyl groups is 1. The average Bonchev–Trinajstić information content (AvgIpc) is 3.15. The first-order valence-corrected chi connectivity index (χ1v) is 8.16. The summed E-state index contributed by atoms with van der Waals surface area (Å²) in [6.45, 7) is 6.42. The molecular formula is C17H23N2O3+. The summed E-state index contributed by atoms with van der Waals surface area (Å²) in [6.07, 6.45) is 0.800. The maximum Gasteiger partial charge on any atom is 0.338 e. The van der Waals surface area contributed by atoms with Crippen LogP contribution in [0.3, 0.4) is 0 Å². The monoisotopic (exact) mass is 303 g/mol. The first-order valence-electron chi connectivity index (χ1n) is 8.16.